The summed E-state index contributed by atoms with van der Waals surface area (Å²) in [5, 5.41) is 10.5. The Morgan fingerprint density at radius 3 is 2.36 bits per heavy atom. The van der Waals surface area contributed by atoms with Crippen LogP contribution in [0.1, 0.15) is 46.4 Å². The predicted molar refractivity (Wildman–Crippen MR) is 139 cm³/mol. The number of fused-ring (bicyclic) bond motifs is 1. The van der Waals surface area contributed by atoms with Gasteiger partial charge in [-0.15, -0.1) is 13.2 Å². The number of ether oxygens (including phenoxy) is 2. The zero-order valence-electron chi connectivity index (χ0n) is 20.7. The first-order chi connectivity index (χ1) is 18.5. The molecule has 3 aromatic carbocycles. The number of aliphatic carboxylic acids is 1. The second-order valence-corrected chi connectivity index (χ2v) is 9.95. The second kappa shape index (κ2) is 9.96. The van der Waals surface area contributed by atoms with E-state index in [9.17, 15) is 27.9 Å². The molecule has 202 valence electrons. The second-order valence-electron chi connectivity index (χ2n) is 9.51. The molecule has 0 amide bonds. The summed E-state index contributed by atoms with van der Waals surface area (Å²) < 4.78 is 50.7. The molecular weight excluding hydrogens is 535 g/mol. The molecule has 6 nitrogen and oxygen atoms in total. The lowest BCUT2D eigenvalue weighted by Gasteiger charge is -2.37. The molecule has 0 unspecified atom stereocenters. The number of carboxylic acid groups (broad SMARTS) is 1. The van der Waals surface area contributed by atoms with Crippen LogP contribution in [0.25, 0.3) is 10.9 Å². The third-order valence-corrected chi connectivity index (χ3v) is 7.22. The Bertz CT molecular complexity index is 1570. The van der Waals surface area contributed by atoms with E-state index in [1.54, 1.807) is 60.0 Å². The fourth-order valence-electron chi connectivity index (χ4n) is 4.86. The number of ketones is 1. The van der Waals surface area contributed by atoms with Crippen molar-refractivity contribution in [1.29, 1.82) is 0 Å². The summed E-state index contributed by atoms with van der Waals surface area (Å²) in [5.41, 5.74) is 1.10. The molecule has 0 saturated heterocycles. The smallest absolute Gasteiger partial charge is 0.478 e. The van der Waals surface area contributed by atoms with Crippen LogP contribution in [-0.4, -0.2) is 33.4 Å². The summed E-state index contributed by atoms with van der Waals surface area (Å²) in [7, 11) is 0. The van der Waals surface area contributed by atoms with Crippen LogP contribution in [0.4, 0.5) is 13.2 Å². The number of carbonyl (C=O) groups is 2. The van der Waals surface area contributed by atoms with Crippen molar-refractivity contribution in [2.45, 2.75) is 44.7 Å². The first-order valence-electron chi connectivity index (χ1n) is 12.2. The average molecular weight is 558 g/mol. The van der Waals surface area contributed by atoms with Crippen molar-refractivity contribution in [3.05, 3.63) is 94.1 Å². The SMILES string of the molecule is Cc1c(C(=O)c2ccc(Cl)cc2)c2ccc(OC(F)(F)F)cc2n1Cc1cccc(OC2(C(=O)O)CCC2)c1. The average Bonchev–Trinajstić information content (AvgIpc) is 3.11. The molecule has 0 spiro atoms. The Morgan fingerprint density at radius 1 is 1.03 bits per heavy atom. The van der Waals surface area contributed by atoms with E-state index in [1.807, 2.05) is 0 Å². The van der Waals surface area contributed by atoms with Crippen LogP contribution in [0.2, 0.25) is 5.02 Å². The molecule has 39 heavy (non-hydrogen) atoms. The summed E-state index contributed by atoms with van der Waals surface area (Å²) >= 11 is 5.97. The van der Waals surface area contributed by atoms with Crippen LogP contribution in [-0.2, 0) is 11.3 Å². The highest BCUT2D eigenvalue weighted by Gasteiger charge is 2.47. The van der Waals surface area contributed by atoms with Gasteiger partial charge >= 0.3 is 12.3 Å². The molecule has 1 aliphatic rings. The van der Waals surface area contributed by atoms with E-state index in [2.05, 4.69) is 4.74 Å². The summed E-state index contributed by atoms with van der Waals surface area (Å²) in [6.07, 6.45) is -3.30. The normalized spacial score (nSPS) is 14.6. The molecule has 0 atom stereocenters. The minimum Gasteiger partial charge on any atom is -0.478 e. The number of hydrogen-bond donors (Lipinski definition) is 1. The lowest BCUT2D eigenvalue weighted by molar-refractivity contribution is -0.274. The number of carboxylic acids is 1. The Balaban J connectivity index is 1.57. The number of aromatic nitrogens is 1. The topological polar surface area (TPSA) is 77.8 Å². The maximum absolute atomic E-state index is 13.5. The van der Waals surface area contributed by atoms with E-state index in [0.717, 1.165) is 6.42 Å². The summed E-state index contributed by atoms with van der Waals surface area (Å²) in [6, 6.07) is 17.1. The van der Waals surface area contributed by atoms with Crippen molar-refractivity contribution in [3.8, 4) is 11.5 Å². The third kappa shape index (κ3) is 5.31. The number of nitrogens with zero attached hydrogens (tertiary/aromatic N) is 1. The first-order valence-corrected chi connectivity index (χ1v) is 12.5. The Hall–Kier alpha value is -3.98. The molecule has 0 aliphatic heterocycles. The largest absolute Gasteiger partial charge is 0.573 e. The molecule has 1 N–H and O–H groups in total. The van der Waals surface area contributed by atoms with E-state index >= 15 is 0 Å². The number of halogens is 4. The molecule has 1 aliphatic carbocycles. The van der Waals surface area contributed by atoms with Gasteiger partial charge in [0.25, 0.3) is 0 Å². The Labute approximate surface area is 226 Å². The van der Waals surface area contributed by atoms with E-state index in [-0.39, 0.29) is 12.3 Å². The standard InChI is InChI=1S/C29H23ClF3NO5/c1-17-25(26(35)19-6-8-20(30)9-7-19)23-11-10-22(39-29(31,32)33)15-24(23)34(17)16-18-4-2-5-21(14-18)38-28(27(36)37)12-3-13-28/h2,4-11,14-15H,3,12-13,16H2,1H3,(H,36,37). The molecule has 0 bridgehead atoms. The summed E-state index contributed by atoms with van der Waals surface area (Å²) in [6.45, 7) is 1.91. The fraction of sp³-hybridized carbons (Fsp3) is 0.241. The molecule has 1 saturated carbocycles. The van der Waals surface area contributed by atoms with Gasteiger partial charge in [-0.25, -0.2) is 4.79 Å². The monoisotopic (exact) mass is 557 g/mol. The van der Waals surface area contributed by atoms with Gasteiger partial charge in [-0.3, -0.25) is 4.79 Å². The number of rotatable bonds is 8. The zero-order valence-corrected chi connectivity index (χ0v) is 21.5. The number of alkyl halides is 3. The first kappa shape index (κ1) is 26.6. The highest BCUT2D eigenvalue weighted by Crippen LogP contribution is 2.38. The number of hydrogen-bond acceptors (Lipinski definition) is 4. The molecule has 1 heterocycles. The van der Waals surface area contributed by atoms with Gasteiger partial charge in [0.1, 0.15) is 11.5 Å². The molecular formula is C29H23ClF3NO5. The van der Waals surface area contributed by atoms with Gasteiger partial charge in [-0.2, -0.15) is 0 Å². The van der Waals surface area contributed by atoms with E-state index < -0.39 is 23.7 Å². The highest BCUT2D eigenvalue weighted by molar-refractivity contribution is 6.30. The van der Waals surface area contributed by atoms with Gasteiger partial charge < -0.3 is 19.1 Å². The summed E-state index contributed by atoms with van der Waals surface area (Å²) in [4.78, 5) is 25.3. The molecule has 10 heteroatoms. The van der Waals surface area contributed by atoms with Gasteiger partial charge in [-0.05, 0) is 80.3 Å². The Morgan fingerprint density at radius 2 is 1.74 bits per heavy atom. The Kier molecular flexibility index (Phi) is 6.80. The molecule has 1 fully saturated rings. The lowest BCUT2D eigenvalue weighted by Crippen LogP contribution is -2.50. The molecule has 5 rings (SSSR count). The van der Waals surface area contributed by atoms with E-state index in [1.165, 1.54) is 18.2 Å². The predicted octanol–water partition coefficient (Wildman–Crippen LogP) is 7.17. The van der Waals surface area contributed by atoms with Crippen LogP contribution >= 0.6 is 11.6 Å². The quantitative estimate of drug-likeness (QED) is 0.232. The number of benzene rings is 3. The van der Waals surface area contributed by atoms with Crippen molar-refractivity contribution >= 4 is 34.3 Å². The molecule has 4 aromatic rings. The third-order valence-electron chi connectivity index (χ3n) is 6.97. The van der Waals surface area contributed by atoms with Gasteiger partial charge in [0.05, 0.1) is 11.1 Å². The zero-order chi connectivity index (χ0) is 27.9. The minimum absolute atomic E-state index is 0.184. The van der Waals surface area contributed by atoms with Crippen LogP contribution in [0.15, 0.2) is 66.7 Å². The van der Waals surface area contributed by atoms with Crippen molar-refractivity contribution < 1.29 is 37.3 Å². The summed E-state index contributed by atoms with van der Waals surface area (Å²) in [5.74, 6) is -1.36. The van der Waals surface area contributed by atoms with E-state index in [0.29, 0.717) is 56.9 Å². The van der Waals surface area contributed by atoms with Crippen LogP contribution in [0.3, 0.4) is 0 Å². The van der Waals surface area contributed by atoms with Crippen molar-refractivity contribution in [1.82, 2.24) is 4.57 Å². The van der Waals surface area contributed by atoms with Crippen LogP contribution < -0.4 is 9.47 Å². The lowest BCUT2D eigenvalue weighted by atomic mass is 9.80. The van der Waals surface area contributed by atoms with Gasteiger partial charge in [0, 0.05) is 34.3 Å². The van der Waals surface area contributed by atoms with Crippen molar-refractivity contribution in [2.75, 3.05) is 0 Å². The highest BCUT2D eigenvalue weighted by atomic mass is 35.5. The molecule has 1 aromatic heterocycles. The van der Waals surface area contributed by atoms with E-state index in [4.69, 9.17) is 16.3 Å². The van der Waals surface area contributed by atoms with Gasteiger partial charge in [-0.1, -0.05) is 23.7 Å². The molecule has 0 radical (unpaired) electrons. The van der Waals surface area contributed by atoms with Gasteiger partial charge in [0.2, 0.25) is 5.60 Å². The van der Waals surface area contributed by atoms with Crippen LogP contribution in [0, 0.1) is 6.92 Å². The minimum atomic E-state index is -4.88. The maximum Gasteiger partial charge on any atom is 0.573 e. The van der Waals surface area contributed by atoms with Crippen molar-refractivity contribution in [3.63, 3.8) is 0 Å². The number of carbonyl (C=O) groups excluding carboxylic acids is 1. The maximum atomic E-state index is 13.5. The fourth-order valence-corrected chi connectivity index (χ4v) is 4.99. The van der Waals surface area contributed by atoms with Crippen LogP contribution in [0.5, 0.6) is 11.5 Å². The van der Waals surface area contributed by atoms with Crippen molar-refractivity contribution in [2.24, 2.45) is 0 Å². The van der Waals surface area contributed by atoms with Gasteiger partial charge in [0.15, 0.2) is 5.78 Å².